The molecular weight excluding hydrogens is 236 g/mol. The standard InChI is InChI=1S/C11H14N4OS/c16-11(6-9-3-5-17-7-9)12-4-1-2-10-13-8-14-15-10/h3,5,7-8H,1-2,4,6H2,(H,12,16)(H,13,14,15). The van der Waals surface area contributed by atoms with Crippen LogP contribution < -0.4 is 5.32 Å². The maximum absolute atomic E-state index is 11.5. The molecule has 6 heteroatoms. The number of aromatic amines is 1. The van der Waals surface area contributed by atoms with E-state index in [-0.39, 0.29) is 5.91 Å². The number of thiophene rings is 1. The Kier molecular flexibility index (Phi) is 4.26. The van der Waals surface area contributed by atoms with E-state index in [1.165, 1.54) is 6.33 Å². The van der Waals surface area contributed by atoms with Crippen molar-refractivity contribution in [2.45, 2.75) is 19.3 Å². The van der Waals surface area contributed by atoms with E-state index < -0.39 is 0 Å². The molecule has 90 valence electrons. The molecule has 0 unspecified atom stereocenters. The number of hydrogen-bond acceptors (Lipinski definition) is 4. The molecule has 0 saturated heterocycles. The lowest BCUT2D eigenvalue weighted by Crippen LogP contribution is -2.26. The molecule has 0 saturated carbocycles. The second-order valence-corrected chi connectivity index (χ2v) is 4.47. The van der Waals surface area contributed by atoms with Crippen molar-refractivity contribution in [1.82, 2.24) is 20.5 Å². The van der Waals surface area contributed by atoms with Crippen LogP contribution >= 0.6 is 11.3 Å². The molecule has 2 aromatic rings. The Labute approximate surface area is 103 Å². The van der Waals surface area contributed by atoms with Crippen LogP contribution in [0.5, 0.6) is 0 Å². The third-order valence-electron chi connectivity index (χ3n) is 2.32. The van der Waals surface area contributed by atoms with Crippen LogP contribution in [0.4, 0.5) is 0 Å². The van der Waals surface area contributed by atoms with Crippen molar-refractivity contribution in [1.29, 1.82) is 0 Å². The van der Waals surface area contributed by atoms with E-state index in [1.54, 1.807) is 11.3 Å². The van der Waals surface area contributed by atoms with Gasteiger partial charge in [-0.2, -0.15) is 16.4 Å². The zero-order valence-corrected chi connectivity index (χ0v) is 10.2. The lowest BCUT2D eigenvalue weighted by Gasteiger charge is -2.03. The minimum atomic E-state index is 0.0703. The van der Waals surface area contributed by atoms with Crippen LogP contribution in [0.15, 0.2) is 23.2 Å². The molecule has 17 heavy (non-hydrogen) atoms. The number of rotatable bonds is 6. The second-order valence-electron chi connectivity index (χ2n) is 3.69. The average Bonchev–Trinajstić information content (AvgIpc) is 2.96. The van der Waals surface area contributed by atoms with Gasteiger partial charge in [0.05, 0.1) is 6.42 Å². The van der Waals surface area contributed by atoms with Gasteiger partial charge in [0, 0.05) is 13.0 Å². The topological polar surface area (TPSA) is 70.7 Å². The maximum atomic E-state index is 11.5. The fourth-order valence-electron chi connectivity index (χ4n) is 1.48. The molecule has 2 aromatic heterocycles. The zero-order valence-electron chi connectivity index (χ0n) is 9.35. The Hall–Kier alpha value is -1.69. The van der Waals surface area contributed by atoms with Crippen molar-refractivity contribution in [3.8, 4) is 0 Å². The summed E-state index contributed by atoms with van der Waals surface area (Å²) in [5.74, 6) is 0.929. The first-order valence-electron chi connectivity index (χ1n) is 5.46. The predicted octanol–water partition coefficient (Wildman–Crippen LogP) is 1.16. The number of carbonyl (C=O) groups excluding carboxylic acids is 1. The van der Waals surface area contributed by atoms with Gasteiger partial charge < -0.3 is 5.32 Å². The fraction of sp³-hybridized carbons (Fsp3) is 0.364. The van der Waals surface area contributed by atoms with Gasteiger partial charge in [-0.05, 0) is 28.8 Å². The highest BCUT2D eigenvalue weighted by atomic mass is 32.1. The molecule has 0 aromatic carbocycles. The maximum Gasteiger partial charge on any atom is 0.224 e. The van der Waals surface area contributed by atoms with E-state index in [2.05, 4.69) is 20.5 Å². The van der Waals surface area contributed by atoms with Gasteiger partial charge in [-0.15, -0.1) is 0 Å². The minimum Gasteiger partial charge on any atom is -0.356 e. The quantitative estimate of drug-likeness (QED) is 0.756. The largest absolute Gasteiger partial charge is 0.356 e. The molecule has 1 amide bonds. The van der Waals surface area contributed by atoms with Gasteiger partial charge in [0.15, 0.2) is 0 Å². The Morgan fingerprint density at radius 2 is 2.47 bits per heavy atom. The number of H-pyrrole nitrogens is 1. The normalized spacial score (nSPS) is 10.4. The van der Waals surface area contributed by atoms with E-state index >= 15 is 0 Å². The lowest BCUT2D eigenvalue weighted by molar-refractivity contribution is -0.120. The molecule has 0 aliphatic heterocycles. The molecule has 0 atom stereocenters. The van der Waals surface area contributed by atoms with E-state index in [4.69, 9.17) is 0 Å². The number of aryl methyl sites for hydroxylation is 1. The molecule has 5 nitrogen and oxygen atoms in total. The Morgan fingerprint density at radius 1 is 1.53 bits per heavy atom. The van der Waals surface area contributed by atoms with E-state index in [9.17, 15) is 4.79 Å². The number of nitrogens with one attached hydrogen (secondary N) is 2. The highest BCUT2D eigenvalue weighted by Crippen LogP contribution is 2.06. The van der Waals surface area contributed by atoms with Crippen LogP contribution in [-0.2, 0) is 17.6 Å². The molecule has 0 aliphatic rings. The van der Waals surface area contributed by atoms with Gasteiger partial charge in [-0.3, -0.25) is 9.89 Å². The Balaban J connectivity index is 1.60. The molecule has 0 radical (unpaired) electrons. The highest BCUT2D eigenvalue weighted by molar-refractivity contribution is 7.07. The number of hydrogen-bond donors (Lipinski definition) is 2. The number of amides is 1. The molecule has 2 N–H and O–H groups in total. The molecule has 0 fully saturated rings. The second kappa shape index (κ2) is 6.15. The molecule has 0 bridgehead atoms. The monoisotopic (exact) mass is 250 g/mol. The van der Waals surface area contributed by atoms with E-state index in [1.807, 2.05) is 16.8 Å². The summed E-state index contributed by atoms with van der Waals surface area (Å²) in [6.07, 6.45) is 3.62. The summed E-state index contributed by atoms with van der Waals surface area (Å²) < 4.78 is 0. The van der Waals surface area contributed by atoms with Crippen molar-refractivity contribution in [2.75, 3.05) is 6.54 Å². The molecule has 2 heterocycles. The number of carbonyl (C=O) groups is 1. The first-order chi connectivity index (χ1) is 8.34. The molecule has 0 spiro atoms. The molecule has 0 aliphatic carbocycles. The third kappa shape index (κ3) is 3.99. The summed E-state index contributed by atoms with van der Waals surface area (Å²) in [5.41, 5.74) is 1.07. The summed E-state index contributed by atoms with van der Waals surface area (Å²) >= 11 is 1.61. The van der Waals surface area contributed by atoms with Gasteiger partial charge in [-0.25, -0.2) is 4.98 Å². The van der Waals surface area contributed by atoms with E-state index in [0.717, 1.165) is 24.2 Å². The van der Waals surface area contributed by atoms with Gasteiger partial charge >= 0.3 is 0 Å². The lowest BCUT2D eigenvalue weighted by atomic mass is 10.2. The predicted molar refractivity (Wildman–Crippen MR) is 65.7 cm³/mol. The molecule has 2 rings (SSSR count). The highest BCUT2D eigenvalue weighted by Gasteiger charge is 2.03. The van der Waals surface area contributed by atoms with Crippen molar-refractivity contribution >= 4 is 17.2 Å². The van der Waals surface area contributed by atoms with Crippen LogP contribution in [0.3, 0.4) is 0 Å². The van der Waals surface area contributed by atoms with Gasteiger partial charge in [0.1, 0.15) is 12.2 Å². The van der Waals surface area contributed by atoms with Crippen LogP contribution in [0, 0.1) is 0 Å². The Morgan fingerprint density at radius 3 is 3.18 bits per heavy atom. The van der Waals surface area contributed by atoms with Gasteiger partial charge in [0.25, 0.3) is 0 Å². The van der Waals surface area contributed by atoms with Gasteiger partial charge in [0.2, 0.25) is 5.91 Å². The summed E-state index contributed by atoms with van der Waals surface area (Å²) in [7, 11) is 0. The summed E-state index contributed by atoms with van der Waals surface area (Å²) in [6.45, 7) is 0.670. The SMILES string of the molecule is O=C(Cc1ccsc1)NCCCc1ncn[nH]1. The summed E-state index contributed by atoms with van der Waals surface area (Å²) in [5, 5.41) is 13.4. The zero-order chi connectivity index (χ0) is 11.9. The van der Waals surface area contributed by atoms with Crippen molar-refractivity contribution < 1.29 is 4.79 Å². The van der Waals surface area contributed by atoms with Crippen LogP contribution in [-0.4, -0.2) is 27.6 Å². The average molecular weight is 250 g/mol. The Bertz CT molecular complexity index is 438. The van der Waals surface area contributed by atoms with Crippen molar-refractivity contribution in [3.63, 3.8) is 0 Å². The number of aromatic nitrogens is 3. The summed E-state index contributed by atoms with van der Waals surface area (Å²) in [4.78, 5) is 15.5. The van der Waals surface area contributed by atoms with Crippen molar-refractivity contribution in [3.05, 3.63) is 34.5 Å². The van der Waals surface area contributed by atoms with E-state index in [0.29, 0.717) is 13.0 Å². The van der Waals surface area contributed by atoms with Gasteiger partial charge in [-0.1, -0.05) is 0 Å². The van der Waals surface area contributed by atoms with Crippen LogP contribution in [0.25, 0.3) is 0 Å². The first-order valence-corrected chi connectivity index (χ1v) is 6.41. The minimum absolute atomic E-state index is 0.0703. The fourth-order valence-corrected chi connectivity index (χ4v) is 2.14. The van der Waals surface area contributed by atoms with Crippen molar-refractivity contribution in [2.24, 2.45) is 0 Å². The molecular formula is C11H14N4OS. The third-order valence-corrected chi connectivity index (χ3v) is 3.05. The summed E-state index contributed by atoms with van der Waals surface area (Å²) in [6, 6.07) is 1.97. The number of nitrogens with zero attached hydrogens (tertiary/aromatic N) is 2. The van der Waals surface area contributed by atoms with Crippen LogP contribution in [0.1, 0.15) is 17.8 Å². The smallest absolute Gasteiger partial charge is 0.224 e. The van der Waals surface area contributed by atoms with Crippen LogP contribution in [0.2, 0.25) is 0 Å². The first kappa shape index (κ1) is 11.8.